The highest BCUT2D eigenvalue weighted by Gasteiger charge is 2.33. The Morgan fingerprint density at radius 3 is 2.75 bits per heavy atom. The van der Waals surface area contributed by atoms with E-state index in [9.17, 15) is 4.79 Å². The maximum absolute atomic E-state index is 12.7. The molecule has 3 nitrogen and oxygen atoms in total. The van der Waals surface area contributed by atoms with Crippen LogP contribution in [0.1, 0.15) is 36.1 Å². The van der Waals surface area contributed by atoms with E-state index in [0.717, 1.165) is 27.7 Å². The van der Waals surface area contributed by atoms with Crippen LogP contribution in [-0.2, 0) is 6.54 Å². The lowest BCUT2D eigenvalue weighted by Crippen LogP contribution is -2.32. The summed E-state index contributed by atoms with van der Waals surface area (Å²) in [5, 5.41) is 1.78. The van der Waals surface area contributed by atoms with Gasteiger partial charge in [0, 0.05) is 16.8 Å². The van der Waals surface area contributed by atoms with Crippen molar-refractivity contribution >= 4 is 37.5 Å². The number of fused-ring (bicyclic) bond motifs is 1. The third-order valence-electron chi connectivity index (χ3n) is 4.61. The largest absolute Gasteiger partial charge is 0.298 e. The lowest BCUT2D eigenvalue weighted by molar-refractivity contribution is 0.287. The average molecular weight is 355 g/mol. The van der Waals surface area contributed by atoms with Crippen molar-refractivity contribution in [1.29, 1.82) is 0 Å². The predicted octanol–water partition coefficient (Wildman–Crippen LogP) is 4.03. The Hall–Kier alpha value is -0.680. The number of alkyl halides is 1. The molecule has 0 aromatic carbocycles. The van der Waals surface area contributed by atoms with Crippen LogP contribution in [0.15, 0.2) is 11.1 Å². The Bertz CT molecular complexity index is 698. The van der Waals surface area contributed by atoms with Gasteiger partial charge in [0.15, 0.2) is 0 Å². The number of thiophene rings is 1. The van der Waals surface area contributed by atoms with Gasteiger partial charge >= 0.3 is 0 Å². The van der Waals surface area contributed by atoms with E-state index in [2.05, 4.69) is 27.8 Å². The van der Waals surface area contributed by atoms with Gasteiger partial charge in [0.1, 0.15) is 4.83 Å². The maximum atomic E-state index is 12.7. The first-order valence-corrected chi connectivity index (χ1v) is 9.01. The van der Waals surface area contributed by atoms with Gasteiger partial charge in [0.2, 0.25) is 0 Å². The molecule has 0 amide bonds. The molecule has 2 heterocycles. The first-order chi connectivity index (χ1) is 9.56. The van der Waals surface area contributed by atoms with Crippen molar-refractivity contribution < 1.29 is 0 Å². The van der Waals surface area contributed by atoms with Crippen LogP contribution < -0.4 is 5.56 Å². The monoisotopic (exact) mass is 354 g/mol. The fourth-order valence-electron chi connectivity index (χ4n) is 3.20. The minimum Gasteiger partial charge on any atom is -0.298 e. The fraction of sp³-hybridized carbons (Fsp3) is 0.600. The Kier molecular flexibility index (Phi) is 3.75. The molecular weight excluding hydrogens is 336 g/mol. The van der Waals surface area contributed by atoms with Gasteiger partial charge in [-0.05, 0) is 37.7 Å². The summed E-state index contributed by atoms with van der Waals surface area (Å²) < 4.78 is 1.83. The fourth-order valence-corrected chi connectivity index (χ4v) is 4.93. The van der Waals surface area contributed by atoms with Gasteiger partial charge in [-0.15, -0.1) is 11.3 Å². The third-order valence-corrected chi connectivity index (χ3v) is 6.91. The number of aromatic nitrogens is 2. The molecule has 0 aliphatic heterocycles. The summed E-state index contributed by atoms with van der Waals surface area (Å²) in [4.78, 5) is 19.3. The average Bonchev–Trinajstić information content (AvgIpc) is 3.01. The van der Waals surface area contributed by atoms with Crippen LogP contribution in [0, 0.1) is 19.3 Å². The minimum absolute atomic E-state index is 0.129. The SMILES string of the molecule is Cc1sc2ncn(CC3(CBr)CCCC3)c(=O)c2c1C. The van der Waals surface area contributed by atoms with Crippen LogP contribution in [0.4, 0.5) is 0 Å². The normalized spacial score (nSPS) is 17.9. The molecule has 1 aliphatic rings. The zero-order valence-corrected chi connectivity index (χ0v) is 14.3. The first-order valence-electron chi connectivity index (χ1n) is 7.07. The molecule has 0 unspecified atom stereocenters. The summed E-state index contributed by atoms with van der Waals surface area (Å²) in [5.41, 5.74) is 1.46. The van der Waals surface area contributed by atoms with Crippen molar-refractivity contribution in [1.82, 2.24) is 9.55 Å². The Morgan fingerprint density at radius 1 is 1.40 bits per heavy atom. The van der Waals surface area contributed by atoms with E-state index in [4.69, 9.17) is 0 Å². The van der Waals surface area contributed by atoms with Gasteiger partial charge in [0.25, 0.3) is 5.56 Å². The number of hydrogen-bond acceptors (Lipinski definition) is 3. The molecule has 1 fully saturated rings. The summed E-state index contributed by atoms with van der Waals surface area (Å²) in [6, 6.07) is 0. The van der Waals surface area contributed by atoms with E-state index in [-0.39, 0.29) is 11.0 Å². The molecule has 0 radical (unpaired) electrons. The lowest BCUT2D eigenvalue weighted by Gasteiger charge is -2.27. The molecule has 2 aromatic heterocycles. The number of halogens is 1. The molecule has 0 bridgehead atoms. The van der Waals surface area contributed by atoms with Crippen LogP contribution in [0.3, 0.4) is 0 Å². The van der Waals surface area contributed by atoms with Crippen molar-refractivity contribution in [3.8, 4) is 0 Å². The molecule has 1 saturated carbocycles. The number of nitrogens with zero attached hydrogens (tertiary/aromatic N) is 2. The summed E-state index contributed by atoms with van der Waals surface area (Å²) >= 11 is 5.27. The highest BCUT2D eigenvalue weighted by atomic mass is 79.9. The van der Waals surface area contributed by atoms with Crippen LogP contribution in [0.5, 0.6) is 0 Å². The minimum atomic E-state index is 0.129. The molecule has 2 aromatic rings. The third kappa shape index (κ3) is 2.25. The van der Waals surface area contributed by atoms with Crippen molar-refractivity contribution in [3.63, 3.8) is 0 Å². The van der Waals surface area contributed by atoms with E-state index in [1.54, 1.807) is 17.7 Å². The molecule has 5 heteroatoms. The van der Waals surface area contributed by atoms with Gasteiger partial charge in [-0.25, -0.2) is 4.98 Å². The highest BCUT2D eigenvalue weighted by Crippen LogP contribution is 2.40. The van der Waals surface area contributed by atoms with Gasteiger partial charge in [0.05, 0.1) is 11.7 Å². The number of hydrogen-bond donors (Lipinski definition) is 0. The van der Waals surface area contributed by atoms with Crippen molar-refractivity contribution in [2.24, 2.45) is 5.41 Å². The van der Waals surface area contributed by atoms with E-state index in [1.165, 1.54) is 30.6 Å². The smallest absolute Gasteiger partial charge is 0.262 e. The summed E-state index contributed by atoms with van der Waals surface area (Å²) in [5.74, 6) is 0. The van der Waals surface area contributed by atoms with Crippen LogP contribution in [-0.4, -0.2) is 14.9 Å². The second kappa shape index (κ2) is 5.26. The molecule has 20 heavy (non-hydrogen) atoms. The van der Waals surface area contributed by atoms with Crippen LogP contribution in [0.25, 0.3) is 10.2 Å². The number of rotatable bonds is 3. The van der Waals surface area contributed by atoms with Crippen molar-refractivity contribution in [3.05, 3.63) is 27.1 Å². The highest BCUT2D eigenvalue weighted by molar-refractivity contribution is 9.09. The Balaban J connectivity index is 2.06. The lowest BCUT2D eigenvalue weighted by atomic mass is 9.89. The summed E-state index contributed by atoms with van der Waals surface area (Å²) in [7, 11) is 0. The molecule has 0 N–H and O–H groups in total. The second-order valence-corrected chi connectivity index (χ2v) is 7.75. The topological polar surface area (TPSA) is 34.9 Å². The summed E-state index contributed by atoms with van der Waals surface area (Å²) in [6.45, 7) is 4.87. The molecule has 0 saturated heterocycles. The number of aryl methyl sites for hydroxylation is 2. The molecular formula is C15H19BrN2OS. The Labute approximate surface area is 131 Å². The standard InChI is InChI=1S/C15H19BrN2OS/c1-10-11(2)20-13-12(10)14(19)18(9-17-13)8-15(7-16)5-3-4-6-15/h9H,3-8H2,1-2H3. The molecule has 0 spiro atoms. The predicted molar refractivity (Wildman–Crippen MR) is 88.0 cm³/mol. The zero-order valence-electron chi connectivity index (χ0n) is 11.9. The van der Waals surface area contributed by atoms with Gasteiger partial charge in [-0.3, -0.25) is 9.36 Å². The van der Waals surface area contributed by atoms with E-state index >= 15 is 0 Å². The van der Waals surface area contributed by atoms with E-state index < -0.39 is 0 Å². The Morgan fingerprint density at radius 2 is 2.10 bits per heavy atom. The quantitative estimate of drug-likeness (QED) is 0.779. The van der Waals surface area contributed by atoms with Crippen molar-refractivity contribution in [2.75, 3.05) is 5.33 Å². The molecule has 0 atom stereocenters. The van der Waals surface area contributed by atoms with Gasteiger partial charge in [-0.1, -0.05) is 28.8 Å². The molecule has 108 valence electrons. The van der Waals surface area contributed by atoms with Crippen molar-refractivity contribution in [2.45, 2.75) is 46.1 Å². The maximum Gasteiger partial charge on any atom is 0.262 e. The second-order valence-electron chi connectivity index (χ2n) is 5.98. The van der Waals surface area contributed by atoms with Crippen LogP contribution >= 0.6 is 27.3 Å². The van der Waals surface area contributed by atoms with Crippen LogP contribution in [0.2, 0.25) is 0 Å². The molecule has 3 rings (SSSR count). The first kappa shape index (κ1) is 14.3. The zero-order chi connectivity index (χ0) is 14.3. The summed E-state index contributed by atoms with van der Waals surface area (Å²) in [6.07, 6.45) is 6.68. The van der Waals surface area contributed by atoms with E-state index in [0.29, 0.717) is 0 Å². The van der Waals surface area contributed by atoms with Gasteiger partial charge < -0.3 is 0 Å². The van der Waals surface area contributed by atoms with Gasteiger partial charge in [-0.2, -0.15) is 0 Å². The van der Waals surface area contributed by atoms with E-state index in [1.807, 2.05) is 11.5 Å². The molecule has 1 aliphatic carbocycles.